The molecular weight excluding hydrogens is 738 g/mol. The quantitative estimate of drug-likeness (QED) is 0.0924. The van der Waals surface area contributed by atoms with E-state index in [9.17, 15) is 24.3 Å². The summed E-state index contributed by atoms with van der Waals surface area (Å²) in [4.78, 5) is 61.4. The van der Waals surface area contributed by atoms with Crippen LogP contribution in [0.25, 0.3) is 0 Å². The summed E-state index contributed by atoms with van der Waals surface area (Å²) in [6.07, 6.45) is 4.56. The normalized spacial score (nSPS) is 25.9. The maximum absolute atomic E-state index is 14.8. The number of hydrogen-bond acceptors (Lipinski definition) is 7. The second-order valence-electron chi connectivity index (χ2n) is 13.5. The number of esters is 1. The van der Waals surface area contributed by atoms with E-state index in [0.717, 1.165) is 0 Å². The Bertz CT molecular complexity index is 1610. The van der Waals surface area contributed by atoms with Gasteiger partial charge >= 0.3 is 5.97 Å². The molecule has 10 nitrogen and oxygen atoms in total. The molecule has 12 heteroatoms. The van der Waals surface area contributed by atoms with Crippen LogP contribution < -0.4 is 4.90 Å². The summed E-state index contributed by atoms with van der Waals surface area (Å²) in [5, 5.41) is 9.77. The minimum Gasteiger partial charge on any atom is -0.455 e. The Hall–Kier alpha value is -3.51. The van der Waals surface area contributed by atoms with E-state index in [1.807, 2.05) is 37.3 Å². The summed E-state index contributed by atoms with van der Waals surface area (Å²) >= 11 is 10.3. The number of nitrogens with zero attached hydrogens (tertiary/aromatic N) is 3. The second kappa shape index (κ2) is 16.9. The van der Waals surface area contributed by atoms with Gasteiger partial charge in [-0.2, -0.15) is 0 Å². The lowest BCUT2D eigenvalue weighted by Gasteiger charge is -2.37. The number of unbranched alkanes of at least 4 members (excludes halogenated alkanes) is 2. The zero-order chi connectivity index (χ0) is 36.9. The smallest absolute Gasteiger partial charge is 0.313 e. The van der Waals surface area contributed by atoms with Crippen molar-refractivity contribution in [1.82, 2.24) is 9.80 Å². The van der Waals surface area contributed by atoms with Crippen molar-refractivity contribution in [2.45, 2.75) is 80.2 Å². The number of allylic oxidation sites excluding steroid dienone is 1. The van der Waals surface area contributed by atoms with Crippen LogP contribution in [0.3, 0.4) is 0 Å². The molecule has 1 unspecified atom stereocenters. The standard InChI is InChI=1S/C39H47BrClN3O7/c1-5-7-20-30(46)42(4)25(3)33(26-16-10-8-11-17-26)50-38(49)31-32-36(47)44(22-14-9-15-23-45)35(39(32)24-27(40)34(31)51-39)37(48)43(21-6-2)29-19-13-12-18-28(29)41/h5-6,8,10-13,16-19,25,27,31-35,45H,1-2,7,9,14-15,20-24H2,3-4H3/t25-,27?,31-,32+,33+,34-,35-,39+/m1/s1. The highest BCUT2D eigenvalue weighted by molar-refractivity contribution is 9.09. The van der Waals surface area contributed by atoms with Gasteiger partial charge in [0, 0.05) is 38.0 Å². The van der Waals surface area contributed by atoms with E-state index in [2.05, 4.69) is 29.1 Å². The highest BCUT2D eigenvalue weighted by Gasteiger charge is 2.77. The number of likely N-dealkylation sites (N-methyl/N-ethyl adjacent to an activating group) is 1. The van der Waals surface area contributed by atoms with Crippen LogP contribution in [-0.2, 0) is 28.7 Å². The van der Waals surface area contributed by atoms with Crippen LogP contribution in [0.1, 0.15) is 57.1 Å². The SMILES string of the molecule is C=CCCC(=O)N(C)[C@H](C)[C@H](OC(=O)[C@H]1[C@@H]2O[C@@]3(CC2Br)[C@@H]1C(=O)N(CCCCCO)[C@@H]3C(=O)N(CC=C)c1ccccc1Cl)c1ccccc1. The number of halogens is 2. The number of fused-ring (bicyclic) bond motifs is 1. The van der Waals surface area contributed by atoms with E-state index in [1.165, 1.54) is 4.90 Å². The summed E-state index contributed by atoms with van der Waals surface area (Å²) < 4.78 is 13.1. The Morgan fingerprint density at radius 1 is 1.12 bits per heavy atom. The summed E-state index contributed by atoms with van der Waals surface area (Å²) in [5.41, 5.74) is -0.145. The molecule has 2 aromatic rings. The number of benzene rings is 2. The summed E-state index contributed by atoms with van der Waals surface area (Å²) in [6.45, 7) is 9.79. The van der Waals surface area contributed by atoms with Gasteiger partial charge in [0.2, 0.25) is 11.8 Å². The number of anilines is 1. The van der Waals surface area contributed by atoms with Gasteiger partial charge in [0.25, 0.3) is 5.91 Å². The van der Waals surface area contributed by atoms with E-state index < -0.39 is 47.7 Å². The average Bonchev–Trinajstić information content (AvgIpc) is 3.73. The molecule has 3 saturated heterocycles. The number of carbonyl (C=O) groups excluding carboxylic acids is 4. The van der Waals surface area contributed by atoms with Gasteiger partial charge in [-0.05, 0) is 56.7 Å². The minimum atomic E-state index is -1.32. The largest absolute Gasteiger partial charge is 0.455 e. The first-order valence-electron chi connectivity index (χ1n) is 17.5. The molecule has 0 aromatic heterocycles. The molecule has 2 aromatic carbocycles. The van der Waals surface area contributed by atoms with Crippen molar-refractivity contribution in [1.29, 1.82) is 0 Å². The second-order valence-corrected chi connectivity index (χ2v) is 15.1. The molecule has 5 rings (SSSR count). The molecule has 3 aliphatic heterocycles. The lowest BCUT2D eigenvalue weighted by molar-refractivity contribution is -0.164. The van der Waals surface area contributed by atoms with Crippen molar-refractivity contribution < 1.29 is 33.8 Å². The van der Waals surface area contributed by atoms with Crippen LogP contribution in [0.5, 0.6) is 0 Å². The molecule has 1 spiro atoms. The average molecular weight is 785 g/mol. The Labute approximate surface area is 313 Å². The molecule has 3 fully saturated rings. The molecule has 2 bridgehead atoms. The zero-order valence-electron chi connectivity index (χ0n) is 29.2. The number of amides is 3. The lowest BCUT2D eigenvalue weighted by Crippen LogP contribution is -2.57. The molecule has 0 aliphatic carbocycles. The first-order valence-corrected chi connectivity index (χ1v) is 18.8. The predicted octanol–water partition coefficient (Wildman–Crippen LogP) is 5.87. The predicted molar refractivity (Wildman–Crippen MR) is 199 cm³/mol. The Morgan fingerprint density at radius 2 is 1.82 bits per heavy atom. The topological polar surface area (TPSA) is 117 Å². The molecule has 0 radical (unpaired) electrons. The van der Waals surface area contributed by atoms with Crippen LogP contribution in [0.4, 0.5) is 5.69 Å². The van der Waals surface area contributed by atoms with Gasteiger partial charge in [-0.25, -0.2) is 0 Å². The Balaban J connectivity index is 1.51. The number of aliphatic hydroxyl groups is 1. The highest BCUT2D eigenvalue weighted by Crippen LogP contribution is 2.60. The molecule has 0 saturated carbocycles. The Kier molecular flexibility index (Phi) is 12.8. The number of hydrogen-bond donors (Lipinski definition) is 1. The maximum atomic E-state index is 14.8. The fourth-order valence-electron chi connectivity index (χ4n) is 7.87. The van der Waals surface area contributed by atoms with Crippen molar-refractivity contribution in [2.24, 2.45) is 11.8 Å². The van der Waals surface area contributed by atoms with Gasteiger partial charge in [0.05, 0.1) is 34.7 Å². The number of rotatable bonds is 17. The van der Waals surface area contributed by atoms with Crippen LogP contribution in [0.15, 0.2) is 79.9 Å². The van der Waals surface area contributed by atoms with Crippen LogP contribution >= 0.6 is 27.5 Å². The van der Waals surface area contributed by atoms with E-state index in [4.69, 9.17) is 21.1 Å². The minimum absolute atomic E-state index is 0.0164. The van der Waals surface area contributed by atoms with Gasteiger partial charge < -0.3 is 29.3 Å². The van der Waals surface area contributed by atoms with Crippen molar-refractivity contribution in [2.75, 3.05) is 31.6 Å². The third kappa shape index (κ3) is 7.54. The molecular formula is C39H47BrClN3O7. The zero-order valence-corrected chi connectivity index (χ0v) is 31.5. The van der Waals surface area contributed by atoms with E-state index in [-0.39, 0.29) is 48.7 Å². The highest BCUT2D eigenvalue weighted by atomic mass is 79.9. The van der Waals surface area contributed by atoms with Gasteiger partial charge in [0.15, 0.2) is 0 Å². The van der Waals surface area contributed by atoms with Gasteiger partial charge in [-0.1, -0.05) is 82.1 Å². The maximum Gasteiger partial charge on any atom is 0.313 e. The number of alkyl halides is 1. The van der Waals surface area contributed by atoms with Crippen LogP contribution in [-0.4, -0.2) is 94.0 Å². The summed E-state index contributed by atoms with van der Waals surface area (Å²) in [5.74, 6) is -3.47. The van der Waals surface area contributed by atoms with Gasteiger partial charge in [-0.15, -0.1) is 13.2 Å². The molecule has 274 valence electrons. The number of carbonyl (C=O) groups is 4. The summed E-state index contributed by atoms with van der Waals surface area (Å²) in [6, 6.07) is 14.6. The first kappa shape index (κ1) is 38.7. The molecule has 1 N–H and O–H groups in total. The van der Waals surface area contributed by atoms with Crippen molar-refractivity contribution in [3.63, 3.8) is 0 Å². The van der Waals surface area contributed by atoms with Crippen LogP contribution in [0, 0.1) is 11.8 Å². The third-order valence-corrected chi connectivity index (χ3v) is 11.6. The monoisotopic (exact) mass is 783 g/mol. The molecule has 51 heavy (non-hydrogen) atoms. The fourth-order valence-corrected chi connectivity index (χ4v) is 9.05. The first-order chi connectivity index (χ1) is 24.5. The number of ether oxygens (including phenoxy) is 2. The lowest BCUT2D eigenvalue weighted by atomic mass is 9.70. The number of aliphatic hydroxyl groups excluding tert-OH is 1. The van der Waals surface area contributed by atoms with E-state index in [1.54, 1.807) is 53.3 Å². The molecule has 3 amide bonds. The van der Waals surface area contributed by atoms with Crippen molar-refractivity contribution in [3.05, 3.63) is 90.5 Å². The summed E-state index contributed by atoms with van der Waals surface area (Å²) in [7, 11) is 1.68. The molecule has 3 heterocycles. The van der Waals surface area contributed by atoms with Gasteiger partial charge in [0.1, 0.15) is 17.7 Å². The fraction of sp³-hybridized carbons (Fsp3) is 0.487. The van der Waals surface area contributed by atoms with Gasteiger partial charge in [-0.3, -0.25) is 19.2 Å². The van der Waals surface area contributed by atoms with Crippen LogP contribution in [0.2, 0.25) is 5.02 Å². The van der Waals surface area contributed by atoms with E-state index in [0.29, 0.717) is 48.4 Å². The third-order valence-electron chi connectivity index (χ3n) is 10.4. The molecule has 3 aliphatic rings. The van der Waals surface area contributed by atoms with Crippen molar-refractivity contribution in [3.8, 4) is 0 Å². The number of para-hydroxylation sites is 1. The molecule has 8 atom stereocenters. The Morgan fingerprint density at radius 3 is 2.49 bits per heavy atom. The number of likely N-dealkylation sites (tertiary alicyclic amines) is 1. The van der Waals surface area contributed by atoms with Crippen molar-refractivity contribution >= 4 is 56.9 Å². The van der Waals surface area contributed by atoms with E-state index >= 15 is 0 Å².